The van der Waals surface area contributed by atoms with Gasteiger partial charge in [-0.05, 0) is 18.2 Å². The van der Waals surface area contributed by atoms with Gasteiger partial charge in [-0.25, -0.2) is 0 Å². The normalized spacial score (nSPS) is 18.1. The van der Waals surface area contributed by atoms with Crippen molar-refractivity contribution < 1.29 is 14.3 Å². The summed E-state index contributed by atoms with van der Waals surface area (Å²) in [6.07, 6.45) is 0.375. The van der Waals surface area contributed by atoms with Crippen LogP contribution in [0.2, 0.25) is 0 Å². The maximum Gasteiger partial charge on any atom is 0.306 e. The third-order valence-electron chi connectivity index (χ3n) is 2.49. The van der Waals surface area contributed by atoms with Crippen LogP contribution in [-0.4, -0.2) is 19.7 Å². The van der Waals surface area contributed by atoms with E-state index in [1.165, 1.54) is 7.11 Å². The first-order valence-electron chi connectivity index (χ1n) is 4.70. The number of fused-ring (bicyclic) bond motifs is 1. The molecule has 4 heteroatoms. The van der Waals surface area contributed by atoms with E-state index < -0.39 is 0 Å². The number of hydrogen-bond donors (Lipinski definition) is 0. The molecule has 0 aliphatic carbocycles. The number of carbonyl (C=O) groups excluding carboxylic acids is 1. The van der Waals surface area contributed by atoms with Gasteiger partial charge in [0.15, 0.2) is 0 Å². The van der Waals surface area contributed by atoms with Crippen LogP contribution >= 0.6 is 15.9 Å². The largest absolute Gasteiger partial charge is 0.493 e. The zero-order valence-corrected chi connectivity index (χ0v) is 9.91. The van der Waals surface area contributed by atoms with Crippen molar-refractivity contribution in [2.45, 2.75) is 12.3 Å². The predicted molar refractivity (Wildman–Crippen MR) is 59.0 cm³/mol. The Kier molecular flexibility index (Phi) is 2.95. The summed E-state index contributed by atoms with van der Waals surface area (Å²) in [5.41, 5.74) is 1.08. The van der Waals surface area contributed by atoms with Gasteiger partial charge in [0.25, 0.3) is 0 Å². The van der Waals surface area contributed by atoms with E-state index in [4.69, 9.17) is 4.74 Å². The average Bonchev–Trinajstić information content (AvgIpc) is 2.61. The van der Waals surface area contributed by atoms with E-state index >= 15 is 0 Å². The summed E-state index contributed by atoms with van der Waals surface area (Å²) in [4.78, 5) is 11.2. The molecule has 0 fully saturated rings. The smallest absolute Gasteiger partial charge is 0.306 e. The fourth-order valence-electron chi connectivity index (χ4n) is 1.70. The van der Waals surface area contributed by atoms with Gasteiger partial charge in [-0.3, -0.25) is 4.79 Å². The Morgan fingerprint density at radius 2 is 2.47 bits per heavy atom. The van der Waals surface area contributed by atoms with E-state index in [0.29, 0.717) is 13.0 Å². The number of ether oxygens (including phenoxy) is 2. The molecule has 0 amide bonds. The van der Waals surface area contributed by atoms with Crippen molar-refractivity contribution in [3.63, 3.8) is 0 Å². The molecule has 15 heavy (non-hydrogen) atoms. The maximum absolute atomic E-state index is 11.2. The number of hydrogen-bond acceptors (Lipinski definition) is 3. The Balaban J connectivity index is 2.20. The highest BCUT2D eigenvalue weighted by molar-refractivity contribution is 9.10. The molecule has 0 bridgehead atoms. The zero-order valence-electron chi connectivity index (χ0n) is 8.33. The first-order valence-corrected chi connectivity index (χ1v) is 5.49. The molecular weight excluding hydrogens is 260 g/mol. The molecule has 1 heterocycles. The van der Waals surface area contributed by atoms with Crippen molar-refractivity contribution in [1.82, 2.24) is 0 Å². The van der Waals surface area contributed by atoms with E-state index in [1.807, 2.05) is 18.2 Å². The topological polar surface area (TPSA) is 35.5 Å². The lowest BCUT2D eigenvalue weighted by molar-refractivity contribution is -0.141. The molecule has 0 N–H and O–H groups in total. The van der Waals surface area contributed by atoms with Crippen LogP contribution < -0.4 is 4.74 Å². The molecule has 80 valence electrons. The van der Waals surface area contributed by atoms with Crippen LogP contribution in [0.25, 0.3) is 0 Å². The summed E-state index contributed by atoms with van der Waals surface area (Å²) >= 11 is 3.40. The number of halogens is 1. The molecular formula is C11H11BrO3. The van der Waals surface area contributed by atoms with E-state index in [9.17, 15) is 4.79 Å². The second-order valence-electron chi connectivity index (χ2n) is 3.47. The van der Waals surface area contributed by atoms with Gasteiger partial charge in [-0.2, -0.15) is 0 Å². The zero-order chi connectivity index (χ0) is 10.8. The summed E-state index contributed by atoms with van der Waals surface area (Å²) in [5.74, 6) is 0.786. The minimum atomic E-state index is -0.198. The quantitative estimate of drug-likeness (QED) is 0.775. The van der Waals surface area contributed by atoms with Crippen LogP contribution in [0.4, 0.5) is 0 Å². The van der Waals surface area contributed by atoms with E-state index in [2.05, 4.69) is 20.7 Å². The Morgan fingerprint density at radius 1 is 1.67 bits per heavy atom. The third-order valence-corrected chi connectivity index (χ3v) is 2.99. The highest BCUT2D eigenvalue weighted by atomic mass is 79.9. The number of methoxy groups -OCH3 is 1. The van der Waals surface area contributed by atoms with Gasteiger partial charge < -0.3 is 9.47 Å². The number of benzene rings is 1. The Labute approximate surface area is 96.5 Å². The Bertz CT molecular complexity index is 389. The van der Waals surface area contributed by atoms with E-state index in [1.54, 1.807) is 0 Å². The SMILES string of the molecule is COC(=O)CC1COc2ccc(Br)cc21. The fourth-order valence-corrected chi connectivity index (χ4v) is 2.08. The van der Waals surface area contributed by atoms with Crippen molar-refractivity contribution in [2.24, 2.45) is 0 Å². The van der Waals surface area contributed by atoms with Gasteiger partial charge in [-0.1, -0.05) is 15.9 Å². The van der Waals surface area contributed by atoms with Crippen LogP contribution in [-0.2, 0) is 9.53 Å². The molecule has 1 unspecified atom stereocenters. The minimum absolute atomic E-state index is 0.116. The summed E-state index contributed by atoms with van der Waals surface area (Å²) in [7, 11) is 1.40. The summed E-state index contributed by atoms with van der Waals surface area (Å²) in [5, 5.41) is 0. The number of esters is 1. The van der Waals surface area contributed by atoms with Crippen LogP contribution in [0.3, 0.4) is 0 Å². The monoisotopic (exact) mass is 270 g/mol. The standard InChI is InChI=1S/C11H11BrO3/c1-14-11(13)4-7-6-15-10-3-2-8(12)5-9(7)10/h2-3,5,7H,4,6H2,1H3. The first-order chi connectivity index (χ1) is 7.20. The lowest BCUT2D eigenvalue weighted by atomic mass is 9.98. The Hall–Kier alpha value is -1.03. The first kappa shape index (κ1) is 10.5. The summed E-state index contributed by atoms with van der Waals surface area (Å²) in [6.45, 7) is 0.556. The molecule has 1 aliphatic heterocycles. The van der Waals surface area contributed by atoms with Crippen molar-refractivity contribution in [3.05, 3.63) is 28.2 Å². The van der Waals surface area contributed by atoms with Gasteiger partial charge in [0.05, 0.1) is 20.1 Å². The molecule has 1 atom stereocenters. The lowest BCUT2D eigenvalue weighted by Gasteiger charge is -2.06. The van der Waals surface area contributed by atoms with Gasteiger partial charge in [0, 0.05) is 16.0 Å². The van der Waals surface area contributed by atoms with Crippen molar-refractivity contribution in [2.75, 3.05) is 13.7 Å². The van der Waals surface area contributed by atoms with Crippen LogP contribution in [0, 0.1) is 0 Å². The van der Waals surface area contributed by atoms with Gasteiger partial charge in [0.2, 0.25) is 0 Å². The second-order valence-corrected chi connectivity index (χ2v) is 4.39. The molecule has 0 aromatic heterocycles. The molecule has 1 aromatic carbocycles. The lowest BCUT2D eigenvalue weighted by Crippen LogP contribution is -2.09. The second kappa shape index (κ2) is 4.23. The van der Waals surface area contributed by atoms with Gasteiger partial charge in [-0.15, -0.1) is 0 Å². The van der Waals surface area contributed by atoms with E-state index in [-0.39, 0.29) is 11.9 Å². The number of rotatable bonds is 2. The van der Waals surface area contributed by atoms with Gasteiger partial charge in [0.1, 0.15) is 5.75 Å². The van der Waals surface area contributed by atoms with Crippen LogP contribution in [0.15, 0.2) is 22.7 Å². The van der Waals surface area contributed by atoms with Crippen LogP contribution in [0.5, 0.6) is 5.75 Å². The molecule has 1 aromatic rings. The highest BCUT2D eigenvalue weighted by Crippen LogP contribution is 2.37. The summed E-state index contributed by atoms with van der Waals surface area (Å²) in [6, 6.07) is 5.84. The minimum Gasteiger partial charge on any atom is -0.493 e. The Morgan fingerprint density at radius 3 is 3.20 bits per heavy atom. The molecule has 1 aliphatic rings. The van der Waals surface area contributed by atoms with Crippen molar-refractivity contribution in [1.29, 1.82) is 0 Å². The van der Waals surface area contributed by atoms with Crippen molar-refractivity contribution in [3.8, 4) is 5.75 Å². The van der Waals surface area contributed by atoms with Gasteiger partial charge >= 0.3 is 5.97 Å². The number of carbonyl (C=O) groups is 1. The molecule has 2 rings (SSSR count). The molecule has 0 saturated carbocycles. The predicted octanol–water partition coefficient (Wildman–Crippen LogP) is 2.49. The molecule has 3 nitrogen and oxygen atoms in total. The van der Waals surface area contributed by atoms with E-state index in [0.717, 1.165) is 15.8 Å². The average molecular weight is 271 g/mol. The van der Waals surface area contributed by atoms with Crippen molar-refractivity contribution >= 4 is 21.9 Å². The molecule has 0 spiro atoms. The summed E-state index contributed by atoms with van der Waals surface area (Å²) < 4.78 is 11.1. The third kappa shape index (κ3) is 2.15. The molecule has 0 saturated heterocycles. The van der Waals surface area contributed by atoms with Crippen LogP contribution in [0.1, 0.15) is 17.9 Å². The highest BCUT2D eigenvalue weighted by Gasteiger charge is 2.26. The maximum atomic E-state index is 11.2. The fraction of sp³-hybridized carbons (Fsp3) is 0.364. The molecule has 0 radical (unpaired) electrons.